The maximum atomic E-state index is 13.2. The van der Waals surface area contributed by atoms with Crippen LogP contribution in [0.1, 0.15) is 15.9 Å². The Morgan fingerprint density at radius 2 is 1.75 bits per heavy atom. The molecule has 0 aromatic heterocycles. The molecule has 28 heavy (non-hydrogen) atoms. The number of anilines is 2. The summed E-state index contributed by atoms with van der Waals surface area (Å²) in [5.41, 5.74) is 1.65. The number of rotatable bonds is 5. The average molecular weight is 419 g/mol. The summed E-state index contributed by atoms with van der Waals surface area (Å²) in [7, 11) is -3.88. The molecule has 8 heteroatoms. The Kier molecular flexibility index (Phi) is 5.67. The lowest BCUT2D eigenvalue weighted by Crippen LogP contribution is -2.16. The third-order valence-corrected chi connectivity index (χ3v) is 5.63. The van der Waals surface area contributed by atoms with Gasteiger partial charge in [-0.25, -0.2) is 12.8 Å². The first kappa shape index (κ1) is 19.9. The van der Waals surface area contributed by atoms with E-state index in [4.69, 9.17) is 11.6 Å². The smallest absolute Gasteiger partial charge is 0.261 e. The Hall–Kier alpha value is -2.90. The highest BCUT2D eigenvalue weighted by Crippen LogP contribution is 2.22. The molecule has 0 atom stereocenters. The van der Waals surface area contributed by atoms with Crippen molar-refractivity contribution in [3.8, 4) is 0 Å². The van der Waals surface area contributed by atoms with Gasteiger partial charge in [0.2, 0.25) is 0 Å². The molecule has 0 unspecified atom stereocenters. The van der Waals surface area contributed by atoms with Crippen LogP contribution in [0.15, 0.2) is 71.6 Å². The number of aryl methyl sites for hydroxylation is 1. The van der Waals surface area contributed by atoms with Crippen molar-refractivity contribution in [2.24, 2.45) is 0 Å². The molecule has 3 aromatic rings. The van der Waals surface area contributed by atoms with E-state index in [1.54, 1.807) is 31.2 Å². The van der Waals surface area contributed by atoms with E-state index in [0.717, 1.165) is 11.6 Å². The molecule has 0 saturated heterocycles. The molecule has 3 aromatic carbocycles. The van der Waals surface area contributed by atoms with E-state index < -0.39 is 21.7 Å². The molecule has 5 nitrogen and oxygen atoms in total. The van der Waals surface area contributed by atoms with Crippen LogP contribution in [-0.2, 0) is 10.0 Å². The molecular formula is C20H16ClFN2O3S. The number of hydrogen-bond acceptors (Lipinski definition) is 3. The first-order valence-electron chi connectivity index (χ1n) is 8.21. The van der Waals surface area contributed by atoms with Crippen LogP contribution in [0.25, 0.3) is 0 Å². The molecule has 0 fully saturated rings. The SMILES string of the molecule is Cc1ccccc1NS(=O)(=O)c1cccc(C(=O)Nc2ccc(F)c(Cl)c2)c1. The number of amides is 1. The second-order valence-electron chi connectivity index (χ2n) is 6.03. The predicted octanol–water partition coefficient (Wildman–Crippen LogP) is 4.84. The van der Waals surface area contributed by atoms with E-state index >= 15 is 0 Å². The van der Waals surface area contributed by atoms with Crippen LogP contribution in [0.3, 0.4) is 0 Å². The highest BCUT2D eigenvalue weighted by Gasteiger charge is 2.17. The Morgan fingerprint density at radius 1 is 1.00 bits per heavy atom. The van der Waals surface area contributed by atoms with Gasteiger partial charge in [0, 0.05) is 11.3 Å². The number of carbonyl (C=O) groups is 1. The first-order chi connectivity index (χ1) is 13.3. The van der Waals surface area contributed by atoms with Crippen molar-refractivity contribution in [3.05, 3.63) is 88.7 Å². The van der Waals surface area contributed by atoms with Crippen molar-refractivity contribution in [3.63, 3.8) is 0 Å². The molecule has 0 aliphatic rings. The number of nitrogens with one attached hydrogen (secondary N) is 2. The minimum atomic E-state index is -3.88. The molecule has 0 bridgehead atoms. The largest absolute Gasteiger partial charge is 0.322 e. The number of sulfonamides is 1. The van der Waals surface area contributed by atoms with E-state index in [2.05, 4.69) is 10.0 Å². The van der Waals surface area contributed by atoms with Gasteiger partial charge in [0.05, 0.1) is 15.6 Å². The van der Waals surface area contributed by atoms with Gasteiger partial charge in [-0.2, -0.15) is 0 Å². The maximum Gasteiger partial charge on any atom is 0.261 e. The Labute approximate surface area is 167 Å². The van der Waals surface area contributed by atoms with Crippen LogP contribution in [0.5, 0.6) is 0 Å². The first-order valence-corrected chi connectivity index (χ1v) is 10.1. The van der Waals surface area contributed by atoms with Crippen LogP contribution in [0, 0.1) is 12.7 Å². The average Bonchev–Trinajstić information content (AvgIpc) is 2.66. The summed E-state index contributed by atoms with van der Waals surface area (Å²) >= 11 is 5.70. The Bertz CT molecular complexity index is 1150. The molecule has 3 rings (SSSR count). The van der Waals surface area contributed by atoms with Gasteiger partial charge in [-0.3, -0.25) is 9.52 Å². The van der Waals surface area contributed by atoms with Crippen LogP contribution in [-0.4, -0.2) is 14.3 Å². The molecule has 144 valence electrons. The summed E-state index contributed by atoms with van der Waals surface area (Å²) in [6.45, 7) is 1.79. The van der Waals surface area contributed by atoms with Crippen molar-refractivity contribution in [2.75, 3.05) is 10.0 Å². The number of halogens is 2. The lowest BCUT2D eigenvalue weighted by Gasteiger charge is -2.11. The topological polar surface area (TPSA) is 75.3 Å². The predicted molar refractivity (Wildman–Crippen MR) is 108 cm³/mol. The Balaban J connectivity index is 1.83. The normalized spacial score (nSPS) is 11.1. The second-order valence-corrected chi connectivity index (χ2v) is 8.12. The Morgan fingerprint density at radius 3 is 2.46 bits per heavy atom. The molecule has 1 amide bonds. The standard InChI is InChI=1S/C20H16ClFN2O3S/c1-13-5-2-3-8-19(13)24-28(26,27)16-7-4-6-14(11-16)20(25)23-15-9-10-18(22)17(21)12-15/h2-12,24H,1H3,(H,23,25). The minimum absolute atomic E-state index is 0.0551. The molecule has 0 radical (unpaired) electrons. The highest BCUT2D eigenvalue weighted by molar-refractivity contribution is 7.92. The van der Waals surface area contributed by atoms with Gasteiger partial charge in [-0.05, 0) is 55.0 Å². The third-order valence-electron chi connectivity index (χ3n) is 3.97. The fourth-order valence-electron chi connectivity index (χ4n) is 2.47. The zero-order chi connectivity index (χ0) is 20.3. The van der Waals surface area contributed by atoms with Gasteiger partial charge >= 0.3 is 0 Å². The zero-order valence-corrected chi connectivity index (χ0v) is 16.3. The quantitative estimate of drug-likeness (QED) is 0.622. The van der Waals surface area contributed by atoms with E-state index in [9.17, 15) is 17.6 Å². The third kappa shape index (κ3) is 4.49. The molecule has 0 aliphatic heterocycles. The van der Waals surface area contributed by atoms with Crippen molar-refractivity contribution < 1.29 is 17.6 Å². The summed E-state index contributed by atoms with van der Waals surface area (Å²) in [5, 5.41) is 2.43. The van der Waals surface area contributed by atoms with Crippen molar-refractivity contribution in [2.45, 2.75) is 11.8 Å². The maximum absolute atomic E-state index is 13.2. The van der Waals surface area contributed by atoms with E-state index in [0.29, 0.717) is 11.4 Å². The lowest BCUT2D eigenvalue weighted by atomic mass is 10.2. The van der Waals surface area contributed by atoms with Gasteiger partial charge in [0.25, 0.3) is 15.9 Å². The number of benzene rings is 3. The summed E-state index contributed by atoms with van der Waals surface area (Å²) in [6.07, 6.45) is 0. The number of hydrogen-bond donors (Lipinski definition) is 2. The van der Waals surface area contributed by atoms with Gasteiger partial charge in [0.15, 0.2) is 0 Å². The summed E-state index contributed by atoms with van der Waals surface area (Å²) in [4.78, 5) is 12.4. The molecule has 2 N–H and O–H groups in total. The molecular weight excluding hydrogens is 403 g/mol. The summed E-state index contributed by atoms with van der Waals surface area (Å²) < 4.78 is 41.1. The fraction of sp³-hybridized carbons (Fsp3) is 0.0500. The molecule has 0 heterocycles. The molecule has 0 saturated carbocycles. The van der Waals surface area contributed by atoms with Gasteiger partial charge in [-0.1, -0.05) is 35.9 Å². The van der Waals surface area contributed by atoms with Crippen LogP contribution in [0.2, 0.25) is 5.02 Å². The van der Waals surface area contributed by atoms with Crippen molar-refractivity contribution in [1.82, 2.24) is 0 Å². The van der Waals surface area contributed by atoms with Gasteiger partial charge in [0.1, 0.15) is 5.82 Å². The number of para-hydroxylation sites is 1. The fourth-order valence-corrected chi connectivity index (χ4v) is 3.83. The zero-order valence-electron chi connectivity index (χ0n) is 14.7. The van der Waals surface area contributed by atoms with E-state index in [-0.39, 0.29) is 15.5 Å². The van der Waals surface area contributed by atoms with Crippen molar-refractivity contribution in [1.29, 1.82) is 0 Å². The number of carbonyl (C=O) groups excluding carboxylic acids is 1. The molecule has 0 aliphatic carbocycles. The summed E-state index contributed by atoms with van der Waals surface area (Å²) in [6, 6.07) is 16.3. The summed E-state index contributed by atoms with van der Waals surface area (Å²) in [5.74, 6) is -1.15. The lowest BCUT2D eigenvalue weighted by molar-refractivity contribution is 0.102. The van der Waals surface area contributed by atoms with Crippen LogP contribution < -0.4 is 10.0 Å². The van der Waals surface area contributed by atoms with E-state index in [1.807, 2.05) is 0 Å². The second kappa shape index (κ2) is 8.00. The van der Waals surface area contributed by atoms with Crippen LogP contribution >= 0.6 is 11.6 Å². The minimum Gasteiger partial charge on any atom is -0.322 e. The van der Waals surface area contributed by atoms with Gasteiger partial charge < -0.3 is 5.32 Å². The monoisotopic (exact) mass is 418 g/mol. The van der Waals surface area contributed by atoms with Crippen molar-refractivity contribution >= 4 is 38.9 Å². The van der Waals surface area contributed by atoms with E-state index in [1.165, 1.54) is 36.4 Å². The van der Waals surface area contributed by atoms with Crippen LogP contribution in [0.4, 0.5) is 15.8 Å². The molecule has 0 spiro atoms. The van der Waals surface area contributed by atoms with Gasteiger partial charge in [-0.15, -0.1) is 0 Å². The highest BCUT2D eigenvalue weighted by atomic mass is 35.5.